The molecule has 1 unspecified atom stereocenters. The molecule has 1 nitrogen and oxygen atoms in total. The first kappa shape index (κ1) is 11.3. The molecule has 1 fully saturated rings. The van der Waals surface area contributed by atoms with Gasteiger partial charge in [-0.25, -0.2) is 0 Å². The first-order valence-corrected chi connectivity index (χ1v) is 7.11. The molecule has 17 heavy (non-hydrogen) atoms. The van der Waals surface area contributed by atoms with Crippen molar-refractivity contribution in [1.82, 2.24) is 0 Å². The van der Waals surface area contributed by atoms with Gasteiger partial charge in [0.2, 0.25) is 0 Å². The lowest BCUT2D eigenvalue weighted by Gasteiger charge is -2.33. The molecule has 3 rings (SSSR count). The Morgan fingerprint density at radius 2 is 1.71 bits per heavy atom. The summed E-state index contributed by atoms with van der Waals surface area (Å²) in [7, 11) is 0. The van der Waals surface area contributed by atoms with E-state index >= 15 is 0 Å². The summed E-state index contributed by atoms with van der Waals surface area (Å²) in [6.07, 6.45) is 9.74. The van der Waals surface area contributed by atoms with Gasteiger partial charge in [0.15, 0.2) is 0 Å². The number of hydrogen-bond acceptors (Lipinski definition) is 1. The predicted octanol–water partition coefficient (Wildman–Crippen LogP) is 3.79. The van der Waals surface area contributed by atoms with Crippen LogP contribution in [0.1, 0.15) is 56.1 Å². The Morgan fingerprint density at radius 1 is 1.00 bits per heavy atom. The van der Waals surface area contributed by atoms with Gasteiger partial charge in [-0.05, 0) is 42.7 Å². The second-order valence-electron chi connectivity index (χ2n) is 5.77. The fourth-order valence-electron chi connectivity index (χ4n) is 3.80. The number of aliphatic hydroxyl groups is 1. The summed E-state index contributed by atoms with van der Waals surface area (Å²) in [5, 5.41) is 11.1. The molecule has 1 heteroatoms. The third-order valence-electron chi connectivity index (χ3n) is 4.79. The highest BCUT2D eigenvalue weighted by molar-refractivity contribution is 5.37. The van der Waals surface area contributed by atoms with Gasteiger partial charge in [0.05, 0.1) is 5.60 Å². The van der Waals surface area contributed by atoms with E-state index in [1.165, 1.54) is 49.7 Å². The summed E-state index contributed by atoms with van der Waals surface area (Å²) in [4.78, 5) is 0. The molecule has 0 radical (unpaired) electrons. The second-order valence-corrected chi connectivity index (χ2v) is 5.77. The van der Waals surface area contributed by atoms with E-state index in [0.717, 1.165) is 12.8 Å². The molecule has 0 aromatic heterocycles. The van der Waals surface area contributed by atoms with Gasteiger partial charge in [-0.15, -0.1) is 0 Å². The normalized spacial score (nSPS) is 29.9. The highest BCUT2D eigenvalue weighted by Crippen LogP contribution is 2.46. The van der Waals surface area contributed by atoms with Gasteiger partial charge in [-0.2, -0.15) is 0 Å². The predicted molar refractivity (Wildman–Crippen MR) is 69.9 cm³/mol. The lowest BCUT2D eigenvalue weighted by atomic mass is 9.78. The second kappa shape index (κ2) is 4.45. The minimum Gasteiger partial charge on any atom is -0.385 e. The summed E-state index contributed by atoms with van der Waals surface area (Å²) >= 11 is 0. The summed E-state index contributed by atoms with van der Waals surface area (Å²) in [5.41, 5.74) is 2.09. The number of hydrogen-bond donors (Lipinski definition) is 1. The molecular weight excluding hydrogens is 208 g/mol. The summed E-state index contributed by atoms with van der Waals surface area (Å²) < 4.78 is 0. The zero-order valence-electron chi connectivity index (χ0n) is 10.5. The average molecular weight is 230 g/mol. The van der Waals surface area contributed by atoms with Gasteiger partial charge in [-0.3, -0.25) is 0 Å². The van der Waals surface area contributed by atoms with E-state index in [2.05, 4.69) is 24.3 Å². The zero-order valence-corrected chi connectivity index (χ0v) is 10.5. The van der Waals surface area contributed by atoms with E-state index in [-0.39, 0.29) is 0 Å². The van der Waals surface area contributed by atoms with Crippen molar-refractivity contribution in [2.24, 2.45) is 5.92 Å². The minimum absolute atomic E-state index is 0.494. The minimum atomic E-state index is -0.513. The molecule has 1 N–H and O–H groups in total. The smallest absolute Gasteiger partial charge is 0.0930 e. The molecule has 0 aliphatic heterocycles. The Morgan fingerprint density at radius 3 is 2.47 bits per heavy atom. The fraction of sp³-hybridized carbons (Fsp3) is 0.625. The van der Waals surface area contributed by atoms with Gasteiger partial charge in [0.25, 0.3) is 0 Å². The van der Waals surface area contributed by atoms with Crippen molar-refractivity contribution in [1.29, 1.82) is 0 Å². The third kappa shape index (κ3) is 1.91. The summed E-state index contributed by atoms with van der Waals surface area (Å²) in [6.45, 7) is 0. The molecule has 2 aliphatic carbocycles. The Labute approximate surface area is 104 Å². The van der Waals surface area contributed by atoms with Crippen molar-refractivity contribution < 1.29 is 5.11 Å². The van der Waals surface area contributed by atoms with Crippen molar-refractivity contribution in [3.63, 3.8) is 0 Å². The third-order valence-corrected chi connectivity index (χ3v) is 4.79. The van der Waals surface area contributed by atoms with Gasteiger partial charge < -0.3 is 5.11 Å². The van der Waals surface area contributed by atoms with Crippen LogP contribution in [0.4, 0.5) is 0 Å². The summed E-state index contributed by atoms with van der Waals surface area (Å²) in [5.74, 6) is 0.494. The number of benzene rings is 1. The molecule has 0 bridgehead atoms. The van der Waals surface area contributed by atoms with Crippen LogP contribution in [0.5, 0.6) is 0 Å². The maximum absolute atomic E-state index is 11.1. The Hall–Kier alpha value is -0.820. The van der Waals surface area contributed by atoms with E-state index in [9.17, 15) is 5.11 Å². The highest BCUT2D eigenvalue weighted by atomic mass is 16.3. The van der Waals surface area contributed by atoms with Crippen LogP contribution in [0, 0.1) is 5.92 Å². The Balaban J connectivity index is 1.91. The van der Waals surface area contributed by atoms with Crippen molar-refractivity contribution in [2.45, 2.75) is 57.0 Å². The van der Waals surface area contributed by atoms with Crippen LogP contribution in [0.2, 0.25) is 0 Å². The number of rotatable bonds is 1. The molecule has 1 aromatic carbocycles. The molecule has 0 heterocycles. The van der Waals surface area contributed by atoms with Crippen LogP contribution in [0.25, 0.3) is 0 Å². The van der Waals surface area contributed by atoms with Crippen LogP contribution < -0.4 is 0 Å². The maximum Gasteiger partial charge on any atom is 0.0930 e. The van der Waals surface area contributed by atoms with Crippen LogP contribution in [-0.4, -0.2) is 5.11 Å². The first-order valence-electron chi connectivity index (χ1n) is 7.11. The molecule has 0 spiro atoms. The average Bonchev–Trinajstić information content (AvgIpc) is 2.58. The van der Waals surface area contributed by atoms with E-state index < -0.39 is 5.60 Å². The van der Waals surface area contributed by atoms with Crippen molar-refractivity contribution in [3.05, 3.63) is 35.4 Å². The first-order chi connectivity index (χ1) is 8.31. The molecule has 1 atom stereocenters. The molecule has 0 amide bonds. The molecule has 92 valence electrons. The van der Waals surface area contributed by atoms with Crippen LogP contribution >= 0.6 is 0 Å². The van der Waals surface area contributed by atoms with Crippen LogP contribution in [-0.2, 0) is 12.0 Å². The fourth-order valence-corrected chi connectivity index (χ4v) is 3.80. The quantitative estimate of drug-likeness (QED) is 0.728. The summed E-state index contributed by atoms with van der Waals surface area (Å²) in [6, 6.07) is 8.50. The van der Waals surface area contributed by atoms with E-state index in [0.29, 0.717) is 5.92 Å². The lowest BCUT2D eigenvalue weighted by Crippen LogP contribution is -2.32. The zero-order chi connectivity index (χ0) is 11.7. The topological polar surface area (TPSA) is 20.2 Å². The SMILES string of the molecule is OC1(C2CCCCCC2)CCc2ccccc21. The Bertz CT molecular complexity index is 390. The Kier molecular flexibility index (Phi) is 2.96. The van der Waals surface area contributed by atoms with Gasteiger partial charge in [0.1, 0.15) is 0 Å². The van der Waals surface area contributed by atoms with Crippen molar-refractivity contribution in [2.75, 3.05) is 0 Å². The van der Waals surface area contributed by atoms with Gasteiger partial charge >= 0.3 is 0 Å². The molecule has 0 saturated heterocycles. The van der Waals surface area contributed by atoms with Crippen molar-refractivity contribution in [3.8, 4) is 0 Å². The van der Waals surface area contributed by atoms with E-state index in [4.69, 9.17) is 0 Å². The number of aryl methyl sites for hydroxylation is 1. The molecule has 1 saturated carbocycles. The maximum atomic E-state index is 11.1. The molecular formula is C16H22O. The van der Waals surface area contributed by atoms with Crippen LogP contribution in [0.15, 0.2) is 24.3 Å². The standard InChI is InChI=1S/C16H22O/c17-16(14-8-3-1-2-4-9-14)12-11-13-7-5-6-10-15(13)16/h5-7,10,14,17H,1-4,8-9,11-12H2. The monoisotopic (exact) mass is 230 g/mol. The highest BCUT2D eigenvalue weighted by Gasteiger charge is 2.42. The van der Waals surface area contributed by atoms with Gasteiger partial charge in [0, 0.05) is 0 Å². The van der Waals surface area contributed by atoms with Crippen molar-refractivity contribution >= 4 is 0 Å². The van der Waals surface area contributed by atoms with E-state index in [1.54, 1.807) is 0 Å². The van der Waals surface area contributed by atoms with Gasteiger partial charge in [-0.1, -0.05) is 49.9 Å². The molecule has 1 aromatic rings. The largest absolute Gasteiger partial charge is 0.385 e. The van der Waals surface area contributed by atoms with Crippen LogP contribution in [0.3, 0.4) is 0 Å². The number of fused-ring (bicyclic) bond motifs is 1. The lowest BCUT2D eigenvalue weighted by molar-refractivity contribution is -0.0287. The molecule has 2 aliphatic rings. The van der Waals surface area contributed by atoms with E-state index in [1.807, 2.05) is 0 Å².